The third-order valence-electron chi connectivity index (χ3n) is 4.36. The van der Waals surface area contributed by atoms with Crippen LogP contribution < -0.4 is 20.5 Å². The third kappa shape index (κ3) is 4.85. The monoisotopic (exact) mass is 407 g/mol. The molecule has 1 amide bonds. The molecular formula is C22H21N3O5. The van der Waals surface area contributed by atoms with Crippen LogP contribution in [0.5, 0.6) is 17.2 Å². The van der Waals surface area contributed by atoms with Crippen molar-refractivity contribution in [2.24, 2.45) is 5.10 Å². The Bertz CT molecular complexity index is 1120. The summed E-state index contributed by atoms with van der Waals surface area (Å²) in [6.45, 7) is 0.318. The summed E-state index contributed by atoms with van der Waals surface area (Å²) in [6.07, 6.45) is 2.97. The summed E-state index contributed by atoms with van der Waals surface area (Å²) in [4.78, 5) is 25.1. The van der Waals surface area contributed by atoms with E-state index in [1.54, 1.807) is 31.5 Å². The number of aromatic nitrogens is 1. The topological polar surface area (TPSA) is 102 Å². The van der Waals surface area contributed by atoms with Gasteiger partial charge in [-0.15, -0.1) is 0 Å². The largest absolute Gasteiger partial charge is 0.504 e. The number of methoxy groups -OCH3 is 2. The zero-order valence-electron chi connectivity index (χ0n) is 16.5. The average Bonchev–Trinajstić information content (AvgIpc) is 2.76. The molecule has 154 valence electrons. The van der Waals surface area contributed by atoms with E-state index in [9.17, 15) is 14.7 Å². The van der Waals surface area contributed by atoms with E-state index in [1.807, 2.05) is 24.3 Å². The molecule has 0 atom stereocenters. The van der Waals surface area contributed by atoms with Crippen LogP contribution in [0.4, 0.5) is 0 Å². The van der Waals surface area contributed by atoms with Crippen LogP contribution in [-0.2, 0) is 6.54 Å². The molecule has 3 aromatic rings. The number of aromatic hydroxyl groups is 1. The molecule has 2 N–H and O–H groups in total. The molecule has 30 heavy (non-hydrogen) atoms. The van der Waals surface area contributed by atoms with Gasteiger partial charge in [0.2, 0.25) is 0 Å². The summed E-state index contributed by atoms with van der Waals surface area (Å²) in [6, 6.07) is 15.1. The number of pyridine rings is 1. The third-order valence-corrected chi connectivity index (χ3v) is 4.36. The first kappa shape index (κ1) is 20.7. The lowest BCUT2D eigenvalue weighted by Gasteiger charge is -2.08. The van der Waals surface area contributed by atoms with Gasteiger partial charge < -0.3 is 19.1 Å². The second-order valence-corrected chi connectivity index (χ2v) is 6.33. The van der Waals surface area contributed by atoms with Crippen LogP contribution in [0, 0.1) is 0 Å². The van der Waals surface area contributed by atoms with Gasteiger partial charge in [0, 0.05) is 6.20 Å². The van der Waals surface area contributed by atoms with Gasteiger partial charge in [0.15, 0.2) is 11.5 Å². The predicted octanol–water partition coefficient (Wildman–Crippen LogP) is 2.38. The van der Waals surface area contributed by atoms with Crippen LogP contribution in [0.25, 0.3) is 0 Å². The Balaban J connectivity index is 1.70. The Morgan fingerprint density at radius 2 is 1.90 bits per heavy atom. The standard InChI is InChI=1S/C22H21N3O5/c1-29-17-8-5-15(6-9-17)14-25-11-3-4-18(22(25)28)21(27)24-23-13-16-7-10-20(30-2)19(26)12-16/h3-13,26H,14H2,1-2H3,(H,24,27)/b23-13-. The Hall–Kier alpha value is -4.07. The molecule has 0 saturated carbocycles. The Labute approximate surface area is 173 Å². The van der Waals surface area contributed by atoms with Crippen molar-refractivity contribution in [1.29, 1.82) is 0 Å². The lowest BCUT2D eigenvalue weighted by Crippen LogP contribution is -2.30. The van der Waals surface area contributed by atoms with Crippen molar-refractivity contribution in [3.63, 3.8) is 0 Å². The van der Waals surface area contributed by atoms with E-state index in [0.717, 1.165) is 11.3 Å². The number of phenols is 1. The number of hydrogen-bond acceptors (Lipinski definition) is 6. The lowest BCUT2D eigenvalue weighted by molar-refractivity contribution is 0.0953. The number of hydrazone groups is 1. The molecule has 8 heteroatoms. The van der Waals surface area contributed by atoms with E-state index in [2.05, 4.69) is 10.5 Å². The molecule has 0 bridgehead atoms. The van der Waals surface area contributed by atoms with E-state index >= 15 is 0 Å². The highest BCUT2D eigenvalue weighted by Crippen LogP contribution is 2.25. The van der Waals surface area contributed by atoms with E-state index in [0.29, 0.717) is 17.9 Å². The molecule has 0 fully saturated rings. The fourth-order valence-corrected chi connectivity index (χ4v) is 2.77. The predicted molar refractivity (Wildman–Crippen MR) is 113 cm³/mol. The van der Waals surface area contributed by atoms with Gasteiger partial charge in [-0.3, -0.25) is 9.59 Å². The van der Waals surface area contributed by atoms with Gasteiger partial charge in [-0.2, -0.15) is 5.10 Å². The number of nitrogens with one attached hydrogen (secondary N) is 1. The van der Waals surface area contributed by atoms with Crippen molar-refractivity contribution in [3.05, 3.63) is 87.8 Å². The molecule has 1 aromatic heterocycles. The van der Waals surface area contributed by atoms with Crippen molar-refractivity contribution >= 4 is 12.1 Å². The van der Waals surface area contributed by atoms with Crippen LogP contribution in [0.3, 0.4) is 0 Å². The quantitative estimate of drug-likeness (QED) is 0.463. The van der Waals surface area contributed by atoms with Crippen molar-refractivity contribution in [2.45, 2.75) is 6.54 Å². The van der Waals surface area contributed by atoms with Crippen molar-refractivity contribution in [3.8, 4) is 17.2 Å². The average molecular weight is 407 g/mol. The van der Waals surface area contributed by atoms with Gasteiger partial charge in [-0.25, -0.2) is 5.43 Å². The second-order valence-electron chi connectivity index (χ2n) is 6.33. The van der Waals surface area contributed by atoms with Crippen molar-refractivity contribution in [1.82, 2.24) is 9.99 Å². The number of amides is 1. The molecule has 0 radical (unpaired) electrons. The molecule has 0 unspecified atom stereocenters. The lowest BCUT2D eigenvalue weighted by atomic mass is 10.2. The van der Waals surface area contributed by atoms with E-state index in [1.165, 1.54) is 30.0 Å². The summed E-state index contributed by atoms with van der Waals surface area (Å²) < 4.78 is 11.5. The van der Waals surface area contributed by atoms with Crippen LogP contribution in [0.1, 0.15) is 21.5 Å². The van der Waals surface area contributed by atoms with Crippen molar-refractivity contribution < 1.29 is 19.4 Å². The van der Waals surface area contributed by atoms with E-state index < -0.39 is 11.5 Å². The maximum atomic E-state index is 12.7. The maximum absolute atomic E-state index is 12.7. The zero-order valence-corrected chi connectivity index (χ0v) is 16.5. The Kier molecular flexibility index (Phi) is 6.49. The van der Waals surface area contributed by atoms with Crippen molar-refractivity contribution in [2.75, 3.05) is 14.2 Å². The molecule has 0 spiro atoms. The smallest absolute Gasteiger partial charge is 0.276 e. The molecule has 8 nitrogen and oxygen atoms in total. The highest BCUT2D eigenvalue weighted by Gasteiger charge is 2.12. The van der Waals surface area contributed by atoms with Gasteiger partial charge in [0.1, 0.15) is 11.3 Å². The van der Waals surface area contributed by atoms with E-state index in [4.69, 9.17) is 9.47 Å². The molecule has 2 aromatic carbocycles. The van der Waals surface area contributed by atoms with Gasteiger partial charge in [-0.05, 0) is 53.6 Å². The number of carbonyl (C=O) groups is 1. The minimum absolute atomic E-state index is 0.0271. The fraction of sp³-hybridized carbons (Fsp3) is 0.136. The molecular weight excluding hydrogens is 386 g/mol. The first-order valence-electron chi connectivity index (χ1n) is 9.04. The van der Waals surface area contributed by atoms with Gasteiger partial charge in [0.05, 0.1) is 27.0 Å². The fourth-order valence-electron chi connectivity index (χ4n) is 2.77. The number of carbonyl (C=O) groups excluding carboxylic acids is 1. The first-order chi connectivity index (χ1) is 14.5. The molecule has 1 heterocycles. The van der Waals surface area contributed by atoms with Crippen LogP contribution in [0.2, 0.25) is 0 Å². The SMILES string of the molecule is COc1ccc(Cn2cccc(C(=O)N/N=C\c3ccc(OC)c(O)c3)c2=O)cc1. The summed E-state index contributed by atoms with van der Waals surface area (Å²) in [7, 11) is 3.03. The number of benzene rings is 2. The normalized spacial score (nSPS) is 10.7. The highest BCUT2D eigenvalue weighted by molar-refractivity contribution is 5.94. The minimum Gasteiger partial charge on any atom is -0.504 e. The first-order valence-corrected chi connectivity index (χ1v) is 9.04. The molecule has 3 rings (SSSR count). The number of nitrogens with zero attached hydrogens (tertiary/aromatic N) is 2. The van der Waals surface area contributed by atoms with E-state index in [-0.39, 0.29) is 11.3 Å². The molecule has 0 aliphatic rings. The summed E-state index contributed by atoms with van der Waals surface area (Å²) >= 11 is 0. The Morgan fingerprint density at radius 1 is 1.13 bits per heavy atom. The summed E-state index contributed by atoms with van der Waals surface area (Å²) in [5.41, 5.74) is 3.33. The van der Waals surface area contributed by atoms with Crippen LogP contribution in [-0.4, -0.2) is 36.0 Å². The van der Waals surface area contributed by atoms with Gasteiger partial charge >= 0.3 is 0 Å². The summed E-state index contributed by atoms with van der Waals surface area (Å²) in [5, 5.41) is 13.6. The summed E-state index contributed by atoms with van der Waals surface area (Å²) in [5.74, 6) is 0.385. The number of rotatable bonds is 7. The van der Waals surface area contributed by atoms with Crippen LogP contribution in [0.15, 0.2) is 70.7 Å². The molecule has 0 aliphatic carbocycles. The zero-order chi connectivity index (χ0) is 21.5. The number of phenolic OH excluding ortho intramolecular Hbond substituents is 1. The maximum Gasteiger partial charge on any atom is 0.276 e. The minimum atomic E-state index is -0.627. The highest BCUT2D eigenvalue weighted by atomic mass is 16.5. The molecule has 0 saturated heterocycles. The molecule has 0 aliphatic heterocycles. The second kappa shape index (κ2) is 9.42. The van der Waals surface area contributed by atoms with Crippen LogP contribution >= 0.6 is 0 Å². The van der Waals surface area contributed by atoms with Gasteiger partial charge in [0.25, 0.3) is 11.5 Å². The van der Waals surface area contributed by atoms with Gasteiger partial charge in [-0.1, -0.05) is 12.1 Å². The number of hydrogen-bond donors (Lipinski definition) is 2. The Morgan fingerprint density at radius 3 is 2.57 bits per heavy atom. The number of ether oxygens (including phenoxy) is 2.